The maximum atomic E-state index is 13.9. The van der Waals surface area contributed by atoms with Gasteiger partial charge in [-0.05, 0) is 71.7 Å². The van der Waals surface area contributed by atoms with E-state index in [0.717, 1.165) is 11.6 Å². The molecule has 0 spiro atoms. The molecule has 240 valence electrons. The highest BCUT2D eigenvalue weighted by Gasteiger charge is 2.34. The lowest BCUT2D eigenvalue weighted by Gasteiger charge is -2.34. The zero-order valence-corrected chi connectivity index (χ0v) is 27.0. The van der Waals surface area contributed by atoms with Crippen LogP contribution in [0.3, 0.4) is 0 Å². The Balaban J connectivity index is 1.54. The largest absolute Gasteiger partial charge is 0.416 e. The topological polar surface area (TPSA) is 86.0 Å². The molecule has 1 amide bonds. The zero-order valence-electron chi connectivity index (χ0n) is 25.4. The Morgan fingerprint density at radius 1 is 1.11 bits per heavy atom. The van der Waals surface area contributed by atoms with Gasteiger partial charge in [0.1, 0.15) is 0 Å². The van der Waals surface area contributed by atoms with Crippen molar-refractivity contribution >= 4 is 40.5 Å². The Morgan fingerprint density at radius 2 is 1.80 bits per heavy atom. The normalized spacial score (nSPS) is 12.5. The molecule has 0 unspecified atom stereocenters. The smallest absolute Gasteiger partial charge is 0.351 e. The number of imidazole rings is 1. The van der Waals surface area contributed by atoms with Crippen LogP contribution in [0.15, 0.2) is 85.3 Å². The number of halogens is 4. The minimum absolute atomic E-state index is 0.0220. The average molecular weight is 667 g/mol. The second kappa shape index (κ2) is 15.7. The van der Waals surface area contributed by atoms with E-state index in [1.807, 2.05) is 30.5 Å². The second-order valence-electron chi connectivity index (χ2n) is 11.0. The van der Waals surface area contributed by atoms with Crippen LogP contribution >= 0.6 is 23.8 Å². The summed E-state index contributed by atoms with van der Waals surface area (Å²) in [6, 6.07) is 21.1. The molecule has 0 fully saturated rings. The van der Waals surface area contributed by atoms with E-state index in [2.05, 4.69) is 21.7 Å². The van der Waals surface area contributed by atoms with Crippen LogP contribution in [0, 0.1) is 17.2 Å². The third-order valence-electron chi connectivity index (χ3n) is 7.74. The number of benzene rings is 3. The fraction of sp³-hybridized carbons (Fsp3) is 0.294. The minimum atomic E-state index is -4.54. The summed E-state index contributed by atoms with van der Waals surface area (Å²) >= 11 is 11.8. The van der Waals surface area contributed by atoms with Crippen molar-refractivity contribution in [2.24, 2.45) is 5.92 Å². The fourth-order valence-corrected chi connectivity index (χ4v) is 5.31. The highest BCUT2D eigenvalue weighted by molar-refractivity contribution is 7.80. The van der Waals surface area contributed by atoms with Gasteiger partial charge in [0, 0.05) is 48.3 Å². The summed E-state index contributed by atoms with van der Waals surface area (Å²) in [5.74, 6) is -0.273. The van der Waals surface area contributed by atoms with E-state index >= 15 is 0 Å². The Hall–Kier alpha value is -4.40. The molecular formula is C34H34ClF3N6OS. The lowest BCUT2D eigenvalue weighted by molar-refractivity contribution is -0.138. The number of carbonyl (C=O) groups excluding carboxylic acids is 1. The maximum absolute atomic E-state index is 13.9. The van der Waals surface area contributed by atoms with E-state index < -0.39 is 17.8 Å². The molecule has 0 aliphatic heterocycles. The molecule has 12 heteroatoms. The Morgan fingerprint density at radius 3 is 2.46 bits per heavy atom. The van der Waals surface area contributed by atoms with Crippen molar-refractivity contribution in [3.8, 4) is 6.07 Å². The number of thiocarbonyl (C=S) groups is 1. The fourth-order valence-electron chi connectivity index (χ4n) is 4.93. The number of aromatic nitrogens is 2. The third-order valence-corrected chi connectivity index (χ3v) is 8.35. The van der Waals surface area contributed by atoms with Crippen LogP contribution in [0.5, 0.6) is 0 Å². The molecule has 0 saturated carbocycles. The van der Waals surface area contributed by atoms with Crippen molar-refractivity contribution in [1.29, 1.82) is 5.26 Å². The molecule has 1 heterocycles. The molecule has 4 rings (SSSR count). The van der Waals surface area contributed by atoms with Crippen LogP contribution < -0.4 is 10.6 Å². The number of rotatable bonds is 12. The summed E-state index contributed by atoms with van der Waals surface area (Å²) in [6.45, 7) is 4.48. The van der Waals surface area contributed by atoms with Gasteiger partial charge in [-0.2, -0.15) is 18.4 Å². The van der Waals surface area contributed by atoms with E-state index in [4.69, 9.17) is 29.1 Å². The predicted octanol–water partition coefficient (Wildman–Crippen LogP) is 7.45. The number of carbonyl (C=O) groups is 1. The summed E-state index contributed by atoms with van der Waals surface area (Å²) in [7, 11) is 0. The number of alkyl halides is 3. The first-order valence-electron chi connectivity index (χ1n) is 14.7. The summed E-state index contributed by atoms with van der Waals surface area (Å²) < 4.78 is 43.7. The van der Waals surface area contributed by atoms with Crippen molar-refractivity contribution < 1.29 is 18.0 Å². The Labute approximate surface area is 277 Å². The monoisotopic (exact) mass is 666 g/mol. The van der Waals surface area contributed by atoms with E-state index in [0.29, 0.717) is 34.9 Å². The van der Waals surface area contributed by atoms with Gasteiger partial charge >= 0.3 is 6.18 Å². The van der Waals surface area contributed by atoms with Gasteiger partial charge in [0.15, 0.2) is 5.11 Å². The molecule has 46 heavy (non-hydrogen) atoms. The number of anilines is 1. The number of nitrogens with one attached hydrogen (secondary N) is 2. The molecule has 0 bridgehead atoms. The number of nitrogens with zero attached hydrogens (tertiary/aromatic N) is 4. The van der Waals surface area contributed by atoms with Crippen LogP contribution in [0.2, 0.25) is 5.02 Å². The van der Waals surface area contributed by atoms with Crippen molar-refractivity contribution in [2.45, 2.75) is 52.0 Å². The zero-order chi connectivity index (χ0) is 33.3. The van der Waals surface area contributed by atoms with E-state index in [-0.39, 0.29) is 42.0 Å². The number of hydrogen-bond donors (Lipinski definition) is 2. The number of nitriles is 1. The van der Waals surface area contributed by atoms with Crippen molar-refractivity contribution in [2.75, 3.05) is 11.9 Å². The first kappa shape index (κ1) is 34.5. The predicted molar refractivity (Wildman–Crippen MR) is 177 cm³/mol. The van der Waals surface area contributed by atoms with Gasteiger partial charge < -0.3 is 20.1 Å². The van der Waals surface area contributed by atoms with Gasteiger partial charge in [-0.1, -0.05) is 62.2 Å². The van der Waals surface area contributed by atoms with Crippen LogP contribution in [0.4, 0.5) is 18.9 Å². The minimum Gasteiger partial charge on any atom is -0.351 e. The molecule has 2 N–H and O–H groups in total. The van der Waals surface area contributed by atoms with Crippen molar-refractivity contribution in [1.82, 2.24) is 19.8 Å². The molecule has 2 atom stereocenters. The highest BCUT2D eigenvalue weighted by atomic mass is 35.5. The van der Waals surface area contributed by atoms with Gasteiger partial charge in [-0.15, -0.1) is 0 Å². The lowest BCUT2D eigenvalue weighted by atomic mass is 9.97. The van der Waals surface area contributed by atoms with Crippen molar-refractivity contribution in [3.05, 3.63) is 118 Å². The van der Waals surface area contributed by atoms with Crippen LogP contribution in [0.1, 0.15) is 48.2 Å². The summed E-state index contributed by atoms with van der Waals surface area (Å²) in [6.07, 6.45) is -0.501. The quantitative estimate of drug-likeness (QED) is 0.153. The molecule has 0 saturated heterocycles. The number of amides is 1. The Bertz CT molecular complexity index is 1670. The van der Waals surface area contributed by atoms with Crippen LogP contribution in [0.25, 0.3) is 0 Å². The van der Waals surface area contributed by atoms with Gasteiger partial charge in [-0.25, -0.2) is 4.98 Å². The van der Waals surface area contributed by atoms with Crippen LogP contribution in [-0.4, -0.2) is 38.1 Å². The lowest BCUT2D eigenvalue weighted by Crippen LogP contribution is -2.50. The van der Waals surface area contributed by atoms with Gasteiger partial charge in [-0.3, -0.25) is 4.79 Å². The standard InChI is InChI=1S/C34H34ClF3N6OS/c1-3-23(2)31(42-32(45)16-29-18-40-22-44(29)19-25-10-8-24(17-39)9-11-25)21-43(33(46)41-28-14-12-27(35)13-15-28)20-26-6-4-5-7-30(26)34(36,37)38/h4-15,18,22-23,31H,3,16,19-21H2,1-2H3,(H,41,46)(H,42,45)/t23-,31+/m0/s1. The third kappa shape index (κ3) is 9.55. The second-order valence-corrected chi connectivity index (χ2v) is 11.9. The molecule has 0 aliphatic carbocycles. The summed E-state index contributed by atoms with van der Waals surface area (Å²) in [5, 5.41) is 16.0. The first-order chi connectivity index (χ1) is 22.0. The molecular weight excluding hydrogens is 633 g/mol. The summed E-state index contributed by atoms with van der Waals surface area (Å²) in [5.41, 5.74) is 2.16. The van der Waals surface area contributed by atoms with E-state index in [9.17, 15) is 18.0 Å². The molecule has 4 aromatic rings. The average Bonchev–Trinajstić information content (AvgIpc) is 3.46. The molecule has 0 aliphatic rings. The molecule has 0 radical (unpaired) electrons. The summed E-state index contributed by atoms with van der Waals surface area (Å²) in [4.78, 5) is 19.3. The first-order valence-corrected chi connectivity index (χ1v) is 15.5. The van der Waals surface area contributed by atoms with E-state index in [1.54, 1.807) is 59.9 Å². The maximum Gasteiger partial charge on any atom is 0.416 e. The Kier molecular flexibility index (Phi) is 11.8. The highest BCUT2D eigenvalue weighted by Crippen LogP contribution is 2.32. The molecule has 1 aromatic heterocycles. The van der Waals surface area contributed by atoms with Gasteiger partial charge in [0.2, 0.25) is 5.91 Å². The van der Waals surface area contributed by atoms with Gasteiger partial charge in [0.05, 0.1) is 29.9 Å². The van der Waals surface area contributed by atoms with Gasteiger partial charge in [0.25, 0.3) is 0 Å². The van der Waals surface area contributed by atoms with Crippen molar-refractivity contribution in [3.63, 3.8) is 0 Å². The SMILES string of the molecule is CC[C@H](C)[C@@H](CN(Cc1ccccc1C(F)(F)F)C(=S)Nc1ccc(Cl)cc1)NC(=O)Cc1cncn1Cc1ccc(C#N)cc1. The molecule has 7 nitrogen and oxygen atoms in total. The van der Waals surface area contributed by atoms with Crippen LogP contribution in [-0.2, 0) is 30.5 Å². The molecule has 3 aromatic carbocycles. The number of hydrogen-bond acceptors (Lipinski definition) is 4. The van der Waals surface area contributed by atoms with E-state index in [1.165, 1.54) is 12.1 Å².